The average Bonchev–Trinajstić information content (AvgIpc) is 2.42. The van der Waals surface area contributed by atoms with Crippen molar-refractivity contribution in [1.29, 1.82) is 0 Å². The molecular weight excluding hydrogens is 288 g/mol. The van der Waals surface area contributed by atoms with Crippen molar-refractivity contribution >= 4 is 23.5 Å². The molecule has 0 unspecified atom stereocenters. The summed E-state index contributed by atoms with van der Waals surface area (Å²) in [5.41, 5.74) is 8.94. The van der Waals surface area contributed by atoms with Crippen LogP contribution in [0.3, 0.4) is 0 Å². The minimum absolute atomic E-state index is 0.316. The number of nitrogens with two attached hydrogens (primary N) is 1. The van der Waals surface area contributed by atoms with E-state index in [4.69, 9.17) is 5.73 Å². The number of hydrogen-bond donors (Lipinski definition) is 2. The Balaban J connectivity index is 2.21. The monoisotopic (exact) mass is 312 g/mol. The van der Waals surface area contributed by atoms with Crippen molar-refractivity contribution in [3.05, 3.63) is 23.0 Å². The Morgan fingerprint density at radius 2 is 1.90 bits per heavy atom. The second-order valence-electron chi connectivity index (χ2n) is 6.03. The molecule has 0 atom stereocenters. The summed E-state index contributed by atoms with van der Waals surface area (Å²) in [6.07, 6.45) is 4.33. The van der Waals surface area contributed by atoms with E-state index in [0.717, 1.165) is 39.8 Å². The van der Waals surface area contributed by atoms with Crippen molar-refractivity contribution in [1.82, 2.24) is 4.98 Å². The molecule has 2 aliphatic heterocycles. The van der Waals surface area contributed by atoms with Crippen LogP contribution in [0.15, 0.2) is 6.20 Å². The lowest BCUT2D eigenvalue weighted by molar-refractivity contribution is 0.344. The van der Waals surface area contributed by atoms with Gasteiger partial charge in [0.2, 0.25) is 0 Å². The molecule has 0 aliphatic carbocycles. The summed E-state index contributed by atoms with van der Waals surface area (Å²) in [7, 11) is 0. The number of aromatic hydroxyl groups is 1. The van der Waals surface area contributed by atoms with Crippen LogP contribution in [0.4, 0.5) is 0 Å². The van der Waals surface area contributed by atoms with E-state index in [-0.39, 0.29) is 0 Å². The fraction of sp³-hybridized carbons (Fsp3) is 0.667. The first-order chi connectivity index (χ1) is 9.53. The Labute approximate surface area is 130 Å². The molecular formula is C15H24N2OS2. The fourth-order valence-corrected chi connectivity index (χ4v) is 4.81. The molecule has 3 rings (SSSR count). The molecule has 0 fully saturated rings. The van der Waals surface area contributed by atoms with Gasteiger partial charge in [0, 0.05) is 29.8 Å². The van der Waals surface area contributed by atoms with E-state index in [1.54, 1.807) is 0 Å². The zero-order valence-electron chi connectivity index (χ0n) is 12.3. The molecule has 3 heterocycles. The van der Waals surface area contributed by atoms with Crippen molar-refractivity contribution in [3.63, 3.8) is 0 Å². The van der Waals surface area contributed by atoms with Crippen LogP contribution in [0.5, 0.6) is 5.75 Å². The lowest BCUT2D eigenvalue weighted by Gasteiger charge is -2.24. The number of hydrogen-bond acceptors (Lipinski definition) is 5. The molecule has 2 aliphatic rings. The Bertz CT molecular complexity index is 463. The molecule has 3 N–H and O–H groups in total. The fourth-order valence-electron chi connectivity index (χ4n) is 2.25. The van der Waals surface area contributed by atoms with Crippen LogP contribution in [-0.2, 0) is 18.1 Å². The van der Waals surface area contributed by atoms with Crippen LogP contribution in [0.25, 0.3) is 0 Å². The Morgan fingerprint density at radius 3 is 2.55 bits per heavy atom. The molecule has 5 heteroatoms. The first-order valence-electron chi connectivity index (χ1n) is 7.07. The molecule has 1 aromatic rings. The molecule has 0 radical (unpaired) electrons. The number of aromatic nitrogens is 1. The van der Waals surface area contributed by atoms with Gasteiger partial charge in [0.1, 0.15) is 5.75 Å². The Morgan fingerprint density at radius 1 is 1.25 bits per heavy atom. The number of thioether (sulfide) groups is 2. The van der Waals surface area contributed by atoms with E-state index >= 15 is 0 Å². The van der Waals surface area contributed by atoms with E-state index in [2.05, 4.69) is 18.8 Å². The van der Waals surface area contributed by atoms with Crippen molar-refractivity contribution in [3.8, 4) is 5.75 Å². The third-order valence-electron chi connectivity index (χ3n) is 3.87. The first-order valence-corrected chi connectivity index (χ1v) is 9.38. The number of pyridine rings is 1. The molecule has 1 aromatic heterocycles. The summed E-state index contributed by atoms with van der Waals surface area (Å²) in [6, 6.07) is 0. The summed E-state index contributed by atoms with van der Waals surface area (Å²) < 4.78 is 0. The maximum Gasteiger partial charge on any atom is 0.142 e. The lowest BCUT2D eigenvalue weighted by Crippen LogP contribution is -2.13. The number of rotatable bonds is 1. The van der Waals surface area contributed by atoms with Crippen molar-refractivity contribution < 1.29 is 5.11 Å². The molecule has 112 valence electrons. The predicted molar refractivity (Wildman–Crippen MR) is 89.1 cm³/mol. The van der Waals surface area contributed by atoms with Crippen molar-refractivity contribution in [2.45, 2.75) is 44.7 Å². The quantitative estimate of drug-likeness (QED) is 0.830. The third kappa shape index (κ3) is 4.06. The SMILES string of the molecule is CC1(C)CCSCc2cnc(c(O)c2CN)CSCC1. The van der Waals surface area contributed by atoms with Gasteiger partial charge in [-0.25, -0.2) is 0 Å². The maximum atomic E-state index is 10.3. The molecule has 0 aromatic carbocycles. The van der Waals surface area contributed by atoms with Gasteiger partial charge in [-0.3, -0.25) is 4.98 Å². The second-order valence-corrected chi connectivity index (χ2v) is 8.24. The van der Waals surface area contributed by atoms with Gasteiger partial charge in [-0.2, -0.15) is 23.5 Å². The van der Waals surface area contributed by atoms with Crippen molar-refractivity contribution in [2.24, 2.45) is 11.1 Å². The predicted octanol–water partition coefficient (Wildman–Crippen LogP) is 3.53. The van der Waals surface area contributed by atoms with Crippen LogP contribution in [-0.4, -0.2) is 21.6 Å². The topological polar surface area (TPSA) is 59.1 Å². The van der Waals surface area contributed by atoms with E-state index in [0.29, 0.717) is 17.7 Å². The van der Waals surface area contributed by atoms with Crippen LogP contribution >= 0.6 is 23.5 Å². The highest BCUT2D eigenvalue weighted by Gasteiger charge is 2.19. The van der Waals surface area contributed by atoms with Gasteiger partial charge in [-0.1, -0.05) is 13.8 Å². The molecule has 20 heavy (non-hydrogen) atoms. The molecule has 2 bridgehead atoms. The number of fused-ring (bicyclic) bond motifs is 10. The van der Waals surface area contributed by atoms with Gasteiger partial charge in [0.15, 0.2) is 0 Å². The average molecular weight is 313 g/mol. The van der Waals surface area contributed by atoms with Crippen molar-refractivity contribution in [2.75, 3.05) is 11.5 Å². The summed E-state index contributed by atoms with van der Waals surface area (Å²) in [5, 5.41) is 10.3. The van der Waals surface area contributed by atoms with E-state index in [1.807, 2.05) is 29.7 Å². The lowest BCUT2D eigenvalue weighted by atomic mass is 9.87. The highest BCUT2D eigenvalue weighted by Crippen LogP contribution is 2.34. The standard InChI is InChI=1S/C15H24N2OS2/c1-15(2)3-5-19-9-11-8-17-13(10-20-6-4-15)14(18)12(11)7-16/h8,18H,3-7,9-10,16H2,1-2H3. The van der Waals surface area contributed by atoms with E-state index in [9.17, 15) is 5.11 Å². The molecule has 0 spiro atoms. The summed E-state index contributed by atoms with van der Waals surface area (Å²) in [6.45, 7) is 5.08. The van der Waals surface area contributed by atoms with E-state index < -0.39 is 0 Å². The normalized spacial score (nSPS) is 19.9. The molecule has 0 saturated carbocycles. The maximum absolute atomic E-state index is 10.3. The smallest absolute Gasteiger partial charge is 0.142 e. The minimum atomic E-state index is 0.316. The zero-order chi connectivity index (χ0) is 14.6. The van der Waals surface area contributed by atoms with Crippen LogP contribution < -0.4 is 5.73 Å². The summed E-state index contributed by atoms with van der Waals surface area (Å²) in [4.78, 5) is 4.43. The van der Waals surface area contributed by atoms with E-state index in [1.165, 1.54) is 12.8 Å². The highest BCUT2D eigenvalue weighted by atomic mass is 32.2. The van der Waals surface area contributed by atoms with Gasteiger partial charge >= 0.3 is 0 Å². The Kier molecular flexibility index (Phi) is 5.64. The van der Waals surface area contributed by atoms with Gasteiger partial charge in [-0.15, -0.1) is 0 Å². The van der Waals surface area contributed by atoms with Gasteiger partial charge in [-0.05, 0) is 35.3 Å². The molecule has 0 saturated heterocycles. The highest BCUT2D eigenvalue weighted by molar-refractivity contribution is 7.98. The Hall–Kier alpha value is -0.390. The van der Waals surface area contributed by atoms with Crippen LogP contribution in [0.1, 0.15) is 43.5 Å². The number of nitrogens with zero attached hydrogens (tertiary/aromatic N) is 1. The first kappa shape index (κ1) is 16.0. The third-order valence-corrected chi connectivity index (χ3v) is 5.85. The van der Waals surface area contributed by atoms with Crippen LogP contribution in [0.2, 0.25) is 0 Å². The minimum Gasteiger partial charge on any atom is -0.506 e. The second kappa shape index (κ2) is 7.05. The van der Waals surface area contributed by atoms with Gasteiger partial charge < -0.3 is 10.8 Å². The summed E-state index contributed by atoms with van der Waals surface area (Å²) in [5.74, 6) is 4.22. The summed E-state index contributed by atoms with van der Waals surface area (Å²) >= 11 is 3.76. The van der Waals surface area contributed by atoms with Crippen LogP contribution in [0, 0.1) is 5.41 Å². The zero-order valence-corrected chi connectivity index (χ0v) is 13.9. The molecule has 0 amide bonds. The molecule has 3 nitrogen and oxygen atoms in total. The largest absolute Gasteiger partial charge is 0.506 e. The van der Waals surface area contributed by atoms with Gasteiger partial charge in [0.25, 0.3) is 0 Å². The van der Waals surface area contributed by atoms with Gasteiger partial charge in [0.05, 0.1) is 5.69 Å².